The summed E-state index contributed by atoms with van der Waals surface area (Å²) in [5.41, 5.74) is -2.06. The summed E-state index contributed by atoms with van der Waals surface area (Å²) in [6, 6.07) is 0. The van der Waals surface area contributed by atoms with Crippen LogP contribution in [0.25, 0.3) is 0 Å². The molecule has 0 aromatic heterocycles. The van der Waals surface area contributed by atoms with Crippen LogP contribution in [0.1, 0.15) is 46.0 Å². The number of carbonyl (C=O) groups excluding carboxylic acids is 1. The molecule has 124 valence electrons. The number of hydrogen-bond donors (Lipinski definition) is 3. The van der Waals surface area contributed by atoms with Crippen molar-refractivity contribution in [2.45, 2.75) is 57.5 Å². The first-order valence-electron chi connectivity index (χ1n) is 7.02. The van der Waals surface area contributed by atoms with Gasteiger partial charge in [-0.3, -0.25) is 4.55 Å². The normalized spacial score (nSPS) is 14.9. The zero-order chi connectivity index (χ0) is 16.3. The van der Waals surface area contributed by atoms with Crippen LogP contribution in [-0.2, 0) is 14.9 Å². The Morgan fingerprint density at radius 1 is 1.33 bits per heavy atom. The Labute approximate surface area is 126 Å². The van der Waals surface area contributed by atoms with Gasteiger partial charge in [0.25, 0.3) is 10.1 Å². The van der Waals surface area contributed by atoms with Crippen LogP contribution >= 0.6 is 0 Å². The molecule has 7 nitrogen and oxygen atoms in total. The molecule has 1 amide bonds. The largest absolute Gasteiger partial charge is 0.442 e. The van der Waals surface area contributed by atoms with Gasteiger partial charge in [-0.1, -0.05) is 32.3 Å². The number of unbranched alkanes of at least 4 members (excludes halogenated alkanes) is 4. The molecule has 8 heteroatoms. The van der Waals surface area contributed by atoms with Gasteiger partial charge >= 0.3 is 6.09 Å². The number of allylic oxidation sites excluding steroid dienone is 1. The third kappa shape index (κ3) is 11.2. The lowest BCUT2D eigenvalue weighted by Gasteiger charge is -2.12. The van der Waals surface area contributed by atoms with E-state index in [-0.39, 0.29) is 0 Å². The summed E-state index contributed by atoms with van der Waals surface area (Å²) in [4.78, 5) is 11.3. The number of rotatable bonds is 10. The van der Waals surface area contributed by atoms with Gasteiger partial charge in [0.15, 0.2) is 5.44 Å². The number of ether oxygens (including phenoxy) is 1. The van der Waals surface area contributed by atoms with Crippen LogP contribution < -0.4 is 5.32 Å². The monoisotopic (exact) mass is 323 g/mol. The van der Waals surface area contributed by atoms with Crippen LogP contribution in [0.2, 0.25) is 0 Å². The summed E-state index contributed by atoms with van der Waals surface area (Å²) in [5, 5.41) is 11.0. The fraction of sp³-hybridized carbons (Fsp3) is 0.769. The van der Waals surface area contributed by atoms with Gasteiger partial charge < -0.3 is 15.2 Å². The molecule has 0 fully saturated rings. The van der Waals surface area contributed by atoms with Crippen LogP contribution in [0.4, 0.5) is 4.79 Å². The third-order valence-corrected chi connectivity index (χ3v) is 3.54. The van der Waals surface area contributed by atoms with Crippen molar-refractivity contribution in [1.29, 1.82) is 0 Å². The van der Waals surface area contributed by atoms with Crippen LogP contribution in [-0.4, -0.2) is 42.3 Å². The molecule has 2 unspecified atom stereocenters. The highest BCUT2D eigenvalue weighted by atomic mass is 32.2. The Morgan fingerprint density at radius 3 is 2.57 bits per heavy atom. The molecule has 0 aromatic carbocycles. The van der Waals surface area contributed by atoms with E-state index in [1.54, 1.807) is 13.0 Å². The topological polar surface area (TPSA) is 113 Å². The number of carbonyl (C=O) groups is 1. The summed E-state index contributed by atoms with van der Waals surface area (Å²) in [6.45, 7) is 3.18. The number of hydrogen-bond acceptors (Lipinski definition) is 5. The Balaban J connectivity index is 3.86. The van der Waals surface area contributed by atoms with E-state index in [4.69, 9.17) is 14.4 Å². The minimum absolute atomic E-state index is 0.459. The number of nitrogens with one attached hydrogen (secondary N) is 1. The van der Waals surface area contributed by atoms with E-state index >= 15 is 0 Å². The van der Waals surface area contributed by atoms with Gasteiger partial charge in [-0.25, -0.2) is 4.79 Å². The Morgan fingerprint density at radius 2 is 2.00 bits per heavy atom. The van der Waals surface area contributed by atoms with Crippen molar-refractivity contribution in [3.05, 3.63) is 12.2 Å². The summed E-state index contributed by atoms with van der Waals surface area (Å²) in [5.74, 6) is 0. The zero-order valence-corrected chi connectivity index (χ0v) is 13.3. The second-order valence-electron chi connectivity index (χ2n) is 4.74. The van der Waals surface area contributed by atoms with Gasteiger partial charge in [-0.05, 0) is 25.8 Å². The highest BCUT2D eigenvalue weighted by Gasteiger charge is 2.20. The average Bonchev–Trinajstić information content (AvgIpc) is 2.38. The zero-order valence-electron chi connectivity index (χ0n) is 12.5. The van der Waals surface area contributed by atoms with E-state index in [0.29, 0.717) is 0 Å². The molecule has 0 saturated carbocycles. The van der Waals surface area contributed by atoms with E-state index in [0.717, 1.165) is 12.8 Å². The molecule has 0 aliphatic carbocycles. The SMILES string of the molecule is CCCCCCC=CC(C)OC(=O)NCC(O)S(=O)(=O)O. The molecule has 0 heterocycles. The quantitative estimate of drug-likeness (QED) is 0.321. The van der Waals surface area contributed by atoms with E-state index < -0.39 is 34.3 Å². The number of amides is 1. The first kappa shape index (κ1) is 19.9. The Hall–Kier alpha value is -1.12. The predicted octanol–water partition coefficient (Wildman–Crippen LogP) is 1.83. The van der Waals surface area contributed by atoms with Crippen LogP contribution in [0.3, 0.4) is 0 Å². The van der Waals surface area contributed by atoms with Gasteiger partial charge in [-0.2, -0.15) is 8.42 Å². The third-order valence-electron chi connectivity index (χ3n) is 2.69. The van der Waals surface area contributed by atoms with Crippen molar-refractivity contribution < 1.29 is 27.6 Å². The van der Waals surface area contributed by atoms with Crippen molar-refractivity contribution in [2.75, 3.05) is 6.54 Å². The van der Waals surface area contributed by atoms with Crippen molar-refractivity contribution in [1.82, 2.24) is 5.32 Å². The molecule has 2 atom stereocenters. The van der Waals surface area contributed by atoms with Gasteiger partial charge in [0.2, 0.25) is 0 Å². The summed E-state index contributed by atoms with van der Waals surface area (Å²) in [6.07, 6.45) is 7.91. The number of aliphatic hydroxyl groups is 1. The maximum absolute atomic E-state index is 11.3. The molecule has 0 aliphatic heterocycles. The molecule has 0 radical (unpaired) electrons. The van der Waals surface area contributed by atoms with Crippen molar-refractivity contribution in [3.63, 3.8) is 0 Å². The standard InChI is InChI=1S/C13H25NO6S/c1-3-4-5-6-7-8-9-11(2)20-13(16)14-10-12(15)21(17,18)19/h8-9,11-12,15H,3-7,10H2,1-2H3,(H,14,16)(H,17,18,19). The first-order chi connectivity index (χ1) is 9.77. The minimum Gasteiger partial charge on any atom is -0.442 e. The number of alkyl carbamates (subject to hydrolysis) is 1. The van der Waals surface area contributed by atoms with Crippen molar-refractivity contribution in [3.8, 4) is 0 Å². The molecule has 0 rings (SSSR count). The molecule has 0 aromatic rings. The maximum Gasteiger partial charge on any atom is 0.407 e. The number of aliphatic hydroxyl groups excluding tert-OH is 1. The lowest BCUT2D eigenvalue weighted by Crippen LogP contribution is -2.37. The summed E-state index contributed by atoms with van der Waals surface area (Å²) < 4.78 is 34.5. The van der Waals surface area contributed by atoms with E-state index in [1.807, 2.05) is 6.08 Å². The second-order valence-corrected chi connectivity index (χ2v) is 6.31. The van der Waals surface area contributed by atoms with Crippen molar-refractivity contribution >= 4 is 16.2 Å². The minimum atomic E-state index is -4.58. The lowest BCUT2D eigenvalue weighted by atomic mass is 10.1. The van der Waals surface area contributed by atoms with Crippen LogP contribution in [0, 0.1) is 0 Å². The van der Waals surface area contributed by atoms with E-state index in [2.05, 4.69) is 12.2 Å². The molecule has 0 bridgehead atoms. The average molecular weight is 323 g/mol. The van der Waals surface area contributed by atoms with Gasteiger partial charge in [0.05, 0.1) is 6.54 Å². The van der Waals surface area contributed by atoms with Gasteiger partial charge in [-0.15, -0.1) is 0 Å². The molecular formula is C13H25NO6S. The Bertz CT molecular complexity index is 420. The molecule has 21 heavy (non-hydrogen) atoms. The highest BCUT2D eigenvalue weighted by Crippen LogP contribution is 2.04. The maximum atomic E-state index is 11.3. The van der Waals surface area contributed by atoms with E-state index in [1.165, 1.54) is 19.3 Å². The van der Waals surface area contributed by atoms with Crippen LogP contribution in [0.15, 0.2) is 12.2 Å². The first-order valence-corrected chi connectivity index (χ1v) is 8.53. The molecule has 0 saturated heterocycles. The lowest BCUT2D eigenvalue weighted by molar-refractivity contribution is 0.122. The molecule has 3 N–H and O–H groups in total. The molecular weight excluding hydrogens is 298 g/mol. The van der Waals surface area contributed by atoms with Crippen LogP contribution in [0.5, 0.6) is 0 Å². The second kappa shape index (κ2) is 10.6. The fourth-order valence-corrected chi connectivity index (χ4v) is 1.80. The fourth-order valence-electron chi connectivity index (χ4n) is 1.50. The summed E-state index contributed by atoms with van der Waals surface area (Å²) in [7, 11) is -4.58. The predicted molar refractivity (Wildman–Crippen MR) is 79.4 cm³/mol. The van der Waals surface area contributed by atoms with Gasteiger partial charge in [0, 0.05) is 0 Å². The smallest absolute Gasteiger partial charge is 0.407 e. The Kier molecular flexibility index (Phi) is 10.0. The van der Waals surface area contributed by atoms with Gasteiger partial charge in [0.1, 0.15) is 6.10 Å². The molecule has 0 aliphatic rings. The highest BCUT2D eigenvalue weighted by molar-refractivity contribution is 7.86. The molecule has 0 spiro atoms. The summed E-state index contributed by atoms with van der Waals surface area (Å²) >= 11 is 0. The van der Waals surface area contributed by atoms with Crippen molar-refractivity contribution in [2.24, 2.45) is 0 Å². The van der Waals surface area contributed by atoms with E-state index in [9.17, 15) is 13.2 Å².